The van der Waals surface area contributed by atoms with E-state index in [1.807, 2.05) is 17.5 Å². The van der Waals surface area contributed by atoms with Gasteiger partial charge in [-0.05, 0) is 60.9 Å². The van der Waals surface area contributed by atoms with Gasteiger partial charge in [0.25, 0.3) is 5.91 Å². The summed E-state index contributed by atoms with van der Waals surface area (Å²) in [6.07, 6.45) is 2.70. The Kier molecular flexibility index (Phi) is 6.15. The number of ether oxygens (including phenoxy) is 1. The maximum atomic E-state index is 12.0. The third-order valence-corrected chi connectivity index (χ3v) is 5.96. The summed E-state index contributed by atoms with van der Waals surface area (Å²) in [4.78, 5) is 26.1. The van der Waals surface area contributed by atoms with Crippen LogP contribution in [0, 0.1) is 0 Å². The summed E-state index contributed by atoms with van der Waals surface area (Å²) >= 11 is 3.03. The van der Waals surface area contributed by atoms with Crippen molar-refractivity contribution < 1.29 is 14.3 Å². The molecule has 25 heavy (non-hydrogen) atoms. The van der Waals surface area contributed by atoms with Crippen molar-refractivity contribution in [2.75, 3.05) is 5.75 Å². The number of hydrogen-bond acceptors (Lipinski definition) is 5. The standard InChI is InChI=1S/C19H21NO3S2/c1-13(19(22)20-11-17-6-3-9-24-17)23-18(21)12-25-16-8-7-14-4-2-5-15(14)10-16/h3,6-10,13H,2,4-5,11-12H2,1H3,(H,20,22)/t13-/m1/s1. The molecule has 1 aromatic heterocycles. The lowest BCUT2D eigenvalue weighted by atomic mass is 10.1. The first-order chi connectivity index (χ1) is 12.1. The Balaban J connectivity index is 1.41. The van der Waals surface area contributed by atoms with Crippen LogP contribution in [0.2, 0.25) is 0 Å². The monoisotopic (exact) mass is 375 g/mol. The molecule has 1 N–H and O–H groups in total. The fourth-order valence-corrected chi connectivity index (χ4v) is 4.18. The van der Waals surface area contributed by atoms with E-state index in [9.17, 15) is 9.59 Å². The van der Waals surface area contributed by atoms with Crippen molar-refractivity contribution in [2.45, 2.75) is 43.7 Å². The SMILES string of the molecule is C[C@@H](OC(=O)CSc1ccc2c(c1)CCC2)C(=O)NCc1cccs1. The quantitative estimate of drug-likeness (QED) is 0.594. The predicted octanol–water partition coefficient (Wildman–Crippen LogP) is 3.58. The van der Waals surface area contributed by atoms with Crippen molar-refractivity contribution in [3.63, 3.8) is 0 Å². The van der Waals surface area contributed by atoms with Gasteiger partial charge in [-0.2, -0.15) is 0 Å². The fourth-order valence-electron chi connectivity index (χ4n) is 2.80. The second-order valence-electron chi connectivity index (χ2n) is 6.00. The van der Waals surface area contributed by atoms with Crippen LogP contribution in [0.5, 0.6) is 0 Å². The minimum absolute atomic E-state index is 0.210. The molecule has 3 rings (SSSR count). The van der Waals surface area contributed by atoms with Crippen LogP contribution >= 0.6 is 23.1 Å². The number of carbonyl (C=O) groups excluding carboxylic acids is 2. The lowest BCUT2D eigenvalue weighted by molar-refractivity contribution is -0.152. The number of carbonyl (C=O) groups is 2. The molecular weight excluding hydrogens is 354 g/mol. The van der Waals surface area contributed by atoms with Crippen molar-refractivity contribution in [1.82, 2.24) is 5.32 Å². The van der Waals surface area contributed by atoms with Gasteiger partial charge in [-0.3, -0.25) is 9.59 Å². The van der Waals surface area contributed by atoms with Crippen LogP contribution in [0.15, 0.2) is 40.6 Å². The summed E-state index contributed by atoms with van der Waals surface area (Å²) in [6.45, 7) is 2.06. The average Bonchev–Trinajstić information content (AvgIpc) is 3.28. The topological polar surface area (TPSA) is 55.4 Å². The highest BCUT2D eigenvalue weighted by atomic mass is 32.2. The normalized spacial score (nSPS) is 14.0. The molecule has 1 heterocycles. The van der Waals surface area contributed by atoms with Crippen molar-refractivity contribution in [1.29, 1.82) is 0 Å². The third-order valence-electron chi connectivity index (χ3n) is 4.12. The molecular formula is C19H21NO3S2. The van der Waals surface area contributed by atoms with Crippen LogP contribution < -0.4 is 5.32 Å². The zero-order chi connectivity index (χ0) is 17.6. The summed E-state index contributed by atoms with van der Waals surface area (Å²) in [5, 5.41) is 4.74. The molecule has 1 amide bonds. The molecule has 6 heteroatoms. The summed E-state index contributed by atoms with van der Waals surface area (Å²) < 4.78 is 5.23. The third kappa shape index (κ3) is 5.09. The highest BCUT2D eigenvalue weighted by Crippen LogP contribution is 2.27. The number of hydrogen-bond donors (Lipinski definition) is 1. The number of rotatable bonds is 7. The Bertz CT molecular complexity index is 743. The summed E-state index contributed by atoms with van der Waals surface area (Å²) in [5.74, 6) is -0.435. The van der Waals surface area contributed by atoms with Gasteiger partial charge in [0, 0.05) is 9.77 Å². The van der Waals surface area contributed by atoms with E-state index >= 15 is 0 Å². The van der Waals surface area contributed by atoms with Gasteiger partial charge in [-0.15, -0.1) is 23.1 Å². The molecule has 0 bridgehead atoms. The zero-order valence-electron chi connectivity index (χ0n) is 14.1. The first-order valence-corrected chi connectivity index (χ1v) is 10.2. The van der Waals surface area contributed by atoms with Crippen LogP contribution in [0.4, 0.5) is 0 Å². The Morgan fingerprint density at radius 3 is 2.92 bits per heavy atom. The van der Waals surface area contributed by atoms with Gasteiger partial charge in [0.2, 0.25) is 0 Å². The van der Waals surface area contributed by atoms with Crippen LogP contribution in [0.3, 0.4) is 0 Å². The molecule has 0 aliphatic heterocycles. The summed E-state index contributed by atoms with van der Waals surface area (Å²) in [5.41, 5.74) is 2.81. The van der Waals surface area contributed by atoms with Crippen molar-refractivity contribution >= 4 is 35.0 Å². The highest BCUT2D eigenvalue weighted by Gasteiger charge is 2.18. The lowest BCUT2D eigenvalue weighted by Gasteiger charge is -2.13. The minimum atomic E-state index is -0.784. The minimum Gasteiger partial charge on any atom is -0.452 e. The Labute approximate surface area is 156 Å². The molecule has 1 aliphatic carbocycles. The van der Waals surface area contributed by atoms with Gasteiger partial charge >= 0.3 is 5.97 Å². The van der Waals surface area contributed by atoms with E-state index in [1.54, 1.807) is 18.3 Å². The molecule has 0 fully saturated rings. The van der Waals surface area contributed by atoms with E-state index in [-0.39, 0.29) is 17.6 Å². The molecule has 1 aliphatic rings. The number of thioether (sulfide) groups is 1. The number of benzene rings is 1. The number of nitrogens with one attached hydrogen (secondary N) is 1. The van der Waals surface area contributed by atoms with Crippen LogP contribution in [-0.2, 0) is 33.7 Å². The number of esters is 1. The highest BCUT2D eigenvalue weighted by molar-refractivity contribution is 8.00. The van der Waals surface area contributed by atoms with Crippen molar-refractivity contribution in [3.8, 4) is 0 Å². The number of amides is 1. The van der Waals surface area contributed by atoms with E-state index in [4.69, 9.17) is 4.74 Å². The predicted molar refractivity (Wildman–Crippen MR) is 101 cm³/mol. The van der Waals surface area contributed by atoms with Gasteiger partial charge in [0.1, 0.15) is 0 Å². The summed E-state index contributed by atoms with van der Waals surface area (Å²) in [6, 6.07) is 10.3. The van der Waals surface area contributed by atoms with Gasteiger partial charge < -0.3 is 10.1 Å². The summed E-state index contributed by atoms with van der Waals surface area (Å²) in [7, 11) is 0. The number of thiophene rings is 1. The number of fused-ring (bicyclic) bond motifs is 1. The van der Waals surface area contributed by atoms with Gasteiger partial charge in [0.05, 0.1) is 12.3 Å². The molecule has 1 atom stereocenters. The van der Waals surface area contributed by atoms with Crippen LogP contribution in [-0.4, -0.2) is 23.7 Å². The molecule has 132 valence electrons. The van der Waals surface area contributed by atoms with Crippen LogP contribution in [0.25, 0.3) is 0 Å². The zero-order valence-corrected chi connectivity index (χ0v) is 15.8. The van der Waals surface area contributed by atoms with Crippen molar-refractivity contribution in [2.24, 2.45) is 0 Å². The van der Waals surface area contributed by atoms with Crippen molar-refractivity contribution in [3.05, 3.63) is 51.7 Å². The molecule has 0 saturated carbocycles. The van der Waals surface area contributed by atoms with E-state index in [1.165, 1.54) is 29.3 Å². The Morgan fingerprint density at radius 2 is 2.12 bits per heavy atom. The molecule has 0 spiro atoms. The van der Waals surface area contributed by atoms with Gasteiger partial charge in [-0.25, -0.2) is 0 Å². The number of aryl methyl sites for hydroxylation is 2. The Morgan fingerprint density at radius 1 is 1.28 bits per heavy atom. The van der Waals surface area contributed by atoms with E-state index < -0.39 is 6.10 Å². The largest absolute Gasteiger partial charge is 0.452 e. The maximum absolute atomic E-state index is 12.0. The molecule has 2 aromatic rings. The fraction of sp³-hybridized carbons (Fsp3) is 0.368. The van der Waals surface area contributed by atoms with E-state index in [2.05, 4.69) is 23.5 Å². The first-order valence-electron chi connectivity index (χ1n) is 8.36. The molecule has 0 unspecified atom stereocenters. The average molecular weight is 376 g/mol. The molecule has 4 nitrogen and oxygen atoms in total. The lowest BCUT2D eigenvalue weighted by Crippen LogP contribution is -2.35. The van der Waals surface area contributed by atoms with Gasteiger partial charge in [0.15, 0.2) is 6.10 Å². The van der Waals surface area contributed by atoms with Crippen LogP contribution in [0.1, 0.15) is 29.3 Å². The second-order valence-corrected chi connectivity index (χ2v) is 8.08. The Hall–Kier alpha value is -1.79. The van der Waals surface area contributed by atoms with E-state index in [0.29, 0.717) is 6.54 Å². The smallest absolute Gasteiger partial charge is 0.317 e. The van der Waals surface area contributed by atoms with E-state index in [0.717, 1.165) is 22.6 Å². The maximum Gasteiger partial charge on any atom is 0.317 e. The van der Waals surface area contributed by atoms with Gasteiger partial charge in [-0.1, -0.05) is 12.1 Å². The molecule has 0 saturated heterocycles. The molecule has 1 aromatic carbocycles. The molecule has 0 radical (unpaired) electrons. The first kappa shape index (κ1) is 18.0. The second kappa shape index (κ2) is 8.54.